The van der Waals surface area contributed by atoms with Gasteiger partial charge in [0.05, 0.1) is 11.3 Å². The number of amides is 1. The van der Waals surface area contributed by atoms with Crippen molar-refractivity contribution in [2.24, 2.45) is 5.84 Å². The highest BCUT2D eigenvalue weighted by Gasteiger charge is 2.25. The molecule has 1 aliphatic rings. The van der Waals surface area contributed by atoms with Gasteiger partial charge in [-0.3, -0.25) is 10.6 Å². The van der Waals surface area contributed by atoms with Crippen LogP contribution in [0.4, 0.5) is 5.69 Å². The predicted molar refractivity (Wildman–Crippen MR) is 81.6 cm³/mol. The number of hydrogen-bond donors (Lipinski definition) is 2. The third kappa shape index (κ3) is 3.11. The van der Waals surface area contributed by atoms with Crippen molar-refractivity contribution in [1.82, 2.24) is 9.80 Å². The number of likely N-dealkylation sites (tertiary alicyclic amines) is 1. The van der Waals surface area contributed by atoms with Crippen molar-refractivity contribution in [3.8, 4) is 0 Å². The van der Waals surface area contributed by atoms with E-state index in [1.54, 1.807) is 0 Å². The summed E-state index contributed by atoms with van der Waals surface area (Å²) in [5, 5.41) is 0. The maximum absolute atomic E-state index is 12.6. The number of nitrogens with two attached hydrogens (primary N) is 1. The van der Waals surface area contributed by atoms with Crippen LogP contribution in [0.2, 0.25) is 0 Å². The number of aryl methyl sites for hydroxylation is 1. The lowest BCUT2D eigenvalue weighted by Crippen LogP contribution is -2.44. The van der Waals surface area contributed by atoms with Crippen molar-refractivity contribution in [1.29, 1.82) is 0 Å². The van der Waals surface area contributed by atoms with E-state index >= 15 is 0 Å². The maximum Gasteiger partial charge on any atom is 0.255 e. The largest absolute Gasteiger partial charge is 0.339 e. The van der Waals surface area contributed by atoms with Gasteiger partial charge in [0, 0.05) is 13.1 Å². The zero-order chi connectivity index (χ0) is 14.7. The Labute approximate surface area is 120 Å². The molecule has 5 nitrogen and oxygen atoms in total. The molecule has 1 aromatic carbocycles. The van der Waals surface area contributed by atoms with Crippen LogP contribution < -0.4 is 11.3 Å². The first-order valence-electron chi connectivity index (χ1n) is 7.06. The number of benzene rings is 1. The third-order valence-electron chi connectivity index (χ3n) is 4.12. The first-order chi connectivity index (χ1) is 9.52. The van der Waals surface area contributed by atoms with Crippen molar-refractivity contribution >= 4 is 11.6 Å². The Hall–Kier alpha value is -1.59. The van der Waals surface area contributed by atoms with Gasteiger partial charge in [0.15, 0.2) is 0 Å². The number of nitrogen functional groups attached to an aromatic ring is 1. The van der Waals surface area contributed by atoms with Crippen molar-refractivity contribution in [2.75, 3.05) is 32.6 Å². The molecule has 2 rings (SSSR count). The monoisotopic (exact) mass is 276 g/mol. The molecule has 0 saturated carbocycles. The number of rotatable bonds is 3. The normalized spacial score (nSPS) is 17.0. The van der Waals surface area contributed by atoms with Crippen LogP contribution in [0.5, 0.6) is 0 Å². The standard InChI is InChI=1S/C15H24N4O/c1-11-4-5-13(14(10-11)17-16)15(20)19(3)12-6-8-18(2)9-7-12/h4-5,10,12,17H,6-9,16H2,1-3H3. The lowest BCUT2D eigenvalue weighted by molar-refractivity contribution is 0.0660. The van der Waals surface area contributed by atoms with Gasteiger partial charge in [0.1, 0.15) is 0 Å². The van der Waals surface area contributed by atoms with Gasteiger partial charge in [-0.05, 0) is 57.6 Å². The molecular formula is C15H24N4O. The molecule has 1 aliphatic heterocycles. The Morgan fingerprint density at radius 3 is 2.65 bits per heavy atom. The van der Waals surface area contributed by atoms with Crippen molar-refractivity contribution in [3.63, 3.8) is 0 Å². The molecule has 3 N–H and O–H groups in total. The molecule has 0 atom stereocenters. The molecule has 1 fully saturated rings. The molecule has 0 aromatic heterocycles. The van der Waals surface area contributed by atoms with Crippen LogP contribution in [0.1, 0.15) is 28.8 Å². The zero-order valence-corrected chi connectivity index (χ0v) is 12.5. The number of nitrogens with zero attached hydrogens (tertiary/aromatic N) is 2. The quantitative estimate of drug-likeness (QED) is 0.648. The van der Waals surface area contributed by atoms with Crippen LogP contribution in [0.3, 0.4) is 0 Å². The number of hydrazine groups is 1. The van der Waals surface area contributed by atoms with E-state index in [2.05, 4.69) is 17.4 Å². The van der Waals surface area contributed by atoms with E-state index in [0.717, 1.165) is 31.5 Å². The molecule has 5 heteroatoms. The second-order valence-electron chi connectivity index (χ2n) is 5.64. The van der Waals surface area contributed by atoms with Crippen LogP contribution in [0, 0.1) is 6.92 Å². The number of anilines is 1. The average Bonchev–Trinajstić information content (AvgIpc) is 2.46. The maximum atomic E-state index is 12.6. The third-order valence-corrected chi connectivity index (χ3v) is 4.12. The molecule has 0 bridgehead atoms. The van der Waals surface area contributed by atoms with Crippen LogP contribution in [-0.2, 0) is 0 Å². The fraction of sp³-hybridized carbons (Fsp3) is 0.533. The minimum absolute atomic E-state index is 0.0347. The molecule has 0 spiro atoms. The molecule has 1 saturated heterocycles. The number of nitrogens with one attached hydrogen (secondary N) is 1. The van der Waals surface area contributed by atoms with Gasteiger partial charge < -0.3 is 15.2 Å². The van der Waals surface area contributed by atoms with Crippen molar-refractivity contribution in [3.05, 3.63) is 29.3 Å². The van der Waals surface area contributed by atoms with Crippen LogP contribution >= 0.6 is 0 Å². The SMILES string of the molecule is Cc1ccc(C(=O)N(C)C2CCN(C)CC2)c(NN)c1. The van der Waals surface area contributed by atoms with Crippen molar-refractivity contribution < 1.29 is 4.79 Å². The molecule has 0 unspecified atom stereocenters. The van der Waals surface area contributed by atoms with Gasteiger partial charge in [-0.15, -0.1) is 0 Å². The summed E-state index contributed by atoms with van der Waals surface area (Å²) in [6.07, 6.45) is 2.05. The minimum atomic E-state index is 0.0347. The molecule has 1 amide bonds. The van der Waals surface area contributed by atoms with E-state index in [1.165, 1.54) is 0 Å². The van der Waals surface area contributed by atoms with Crippen molar-refractivity contribution in [2.45, 2.75) is 25.8 Å². The van der Waals surface area contributed by atoms with Crippen LogP contribution in [0.15, 0.2) is 18.2 Å². The first kappa shape index (κ1) is 14.8. The topological polar surface area (TPSA) is 61.6 Å². The van der Waals surface area contributed by atoms with Crippen LogP contribution in [-0.4, -0.2) is 48.9 Å². The van der Waals surface area contributed by atoms with Gasteiger partial charge in [-0.2, -0.15) is 0 Å². The fourth-order valence-electron chi connectivity index (χ4n) is 2.70. The highest BCUT2D eigenvalue weighted by molar-refractivity contribution is 5.99. The van der Waals surface area contributed by atoms with E-state index in [4.69, 9.17) is 5.84 Å². The molecular weight excluding hydrogens is 252 g/mol. The molecule has 20 heavy (non-hydrogen) atoms. The van der Waals surface area contributed by atoms with E-state index in [0.29, 0.717) is 17.3 Å². The summed E-state index contributed by atoms with van der Waals surface area (Å²) in [6.45, 7) is 4.06. The second-order valence-corrected chi connectivity index (χ2v) is 5.64. The molecule has 110 valence electrons. The second kappa shape index (κ2) is 6.24. The first-order valence-corrected chi connectivity index (χ1v) is 7.06. The molecule has 0 aliphatic carbocycles. The summed E-state index contributed by atoms with van der Waals surface area (Å²) < 4.78 is 0. The summed E-state index contributed by atoms with van der Waals surface area (Å²) in [7, 11) is 4.01. The summed E-state index contributed by atoms with van der Waals surface area (Å²) in [4.78, 5) is 16.8. The zero-order valence-electron chi connectivity index (χ0n) is 12.5. The average molecular weight is 276 g/mol. The summed E-state index contributed by atoms with van der Waals surface area (Å²) in [6, 6.07) is 6.00. The van der Waals surface area contributed by atoms with Crippen LogP contribution in [0.25, 0.3) is 0 Å². The number of carbonyl (C=O) groups excluding carboxylic acids is 1. The lowest BCUT2D eigenvalue weighted by atomic mass is 10.0. The number of carbonyl (C=O) groups is 1. The Morgan fingerprint density at radius 2 is 2.05 bits per heavy atom. The molecule has 1 heterocycles. The highest BCUT2D eigenvalue weighted by atomic mass is 16.2. The Kier molecular flexibility index (Phi) is 4.62. The summed E-state index contributed by atoms with van der Waals surface area (Å²) >= 11 is 0. The Morgan fingerprint density at radius 1 is 1.40 bits per heavy atom. The summed E-state index contributed by atoms with van der Waals surface area (Å²) in [5.74, 6) is 5.56. The van der Waals surface area contributed by atoms with Gasteiger partial charge in [-0.1, -0.05) is 6.07 Å². The van der Waals surface area contributed by atoms with E-state index in [9.17, 15) is 4.79 Å². The highest BCUT2D eigenvalue weighted by Crippen LogP contribution is 2.21. The Balaban J connectivity index is 2.14. The number of hydrogen-bond acceptors (Lipinski definition) is 4. The molecule has 1 aromatic rings. The minimum Gasteiger partial charge on any atom is -0.339 e. The van der Waals surface area contributed by atoms with E-state index in [1.807, 2.05) is 37.1 Å². The lowest BCUT2D eigenvalue weighted by Gasteiger charge is -2.35. The van der Waals surface area contributed by atoms with Gasteiger partial charge in [0.25, 0.3) is 5.91 Å². The van der Waals surface area contributed by atoms with E-state index < -0.39 is 0 Å². The van der Waals surface area contributed by atoms with Gasteiger partial charge in [0.2, 0.25) is 0 Å². The Bertz CT molecular complexity index is 481. The van der Waals surface area contributed by atoms with Gasteiger partial charge >= 0.3 is 0 Å². The van der Waals surface area contributed by atoms with Gasteiger partial charge in [-0.25, -0.2) is 0 Å². The number of piperidine rings is 1. The predicted octanol–water partition coefficient (Wildman–Crippen LogP) is 1.45. The summed E-state index contributed by atoms with van der Waals surface area (Å²) in [5.41, 5.74) is 5.03. The van der Waals surface area contributed by atoms with E-state index in [-0.39, 0.29) is 5.91 Å². The molecule has 0 radical (unpaired) electrons. The smallest absolute Gasteiger partial charge is 0.255 e. The fourth-order valence-corrected chi connectivity index (χ4v) is 2.70.